The van der Waals surface area contributed by atoms with Gasteiger partial charge < -0.3 is 24.6 Å². The Balaban J connectivity index is 0.00000433. The number of hydrogen-bond acceptors (Lipinski definition) is 9. The maximum absolute atomic E-state index is 13.2. The number of ether oxygens (including phenoxy) is 3. The fraction of sp³-hybridized carbons (Fsp3) is 0.583. The van der Waals surface area contributed by atoms with Gasteiger partial charge in [-0.2, -0.15) is 5.26 Å². The molecule has 1 unspecified atom stereocenters. The summed E-state index contributed by atoms with van der Waals surface area (Å²) in [6, 6.07) is 3.22. The molecule has 1 amide bonds. The van der Waals surface area contributed by atoms with E-state index in [4.69, 9.17) is 14.2 Å². The number of carbonyl (C=O) groups is 2. The number of unbranched alkanes of at least 4 members (excludes halogenated alkanes) is 2. The maximum Gasteiger partial charge on any atom is 0.311 e. The standard InChI is InChI=1S/C36H46N4O6.Ac/c1-7-9-10-12-29(42)46-34-20(4)19(3)13-22-14-24-26(16-37)40-25(32(30(22)34)39(24)6)15-23-31(27(40)17-38-28(41)11-8-2)36-35(44-18-45-36)21(5)33(23)43;/h13,24-27,32,43H,7-12,14-15,17-18H2,1-6H3,(H,38,41);/t24-,25?,26-,27-,32-;/m0./s1. The first-order valence-electron chi connectivity index (χ1n) is 16.8. The Morgan fingerprint density at radius 3 is 2.49 bits per heavy atom. The third-order valence-corrected chi connectivity index (χ3v) is 10.6. The van der Waals surface area contributed by atoms with Crippen LogP contribution in [-0.2, 0) is 22.4 Å². The number of benzene rings is 2. The number of nitrogens with one attached hydrogen (secondary N) is 1. The molecule has 10 nitrogen and oxygen atoms in total. The van der Waals surface area contributed by atoms with Crippen molar-refractivity contribution in [3.63, 3.8) is 0 Å². The number of likely N-dealkylation sites (N-methyl/N-ethyl adjacent to an activating group) is 1. The summed E-state index contributed by atoms with van der Waals surface area (Å²) in [6.45, 7) is 10.2. The number of phenolic OH excluding ortho intramolecular Hbond substituents is 1. The van der Waals surface area contributed by atoms with Crippen LogP contribution >= 0.6 is 0 Å². The Morgan fingerprint density at radius 2 is 1.79 bits per heavy atom. The van der Waals surface area contributed by atoms with Crippen molar-refractivity contribution in [3.05, 3.63) is 45.0 Å². The van der Waals surface area contributed by atoms with E-state index in [-0.39, 0.29) is 93.2 Å². The Morgan fingerprint density at radius 1 is 1.04 bits per heavy atom. The second-order valence-corrected chi connectivity index (χ2v) is 13.3. The Bertz CT molecular complexity index is 1610. The van der Waals surface area contributed by atoms with Crippen LogP contribution in [0.4, 0.5) is 0 Å². The predicted molar refractivity (Wildman–Crippen MR) is 172 cm³/mol. The van der Waals surface area contributed by atoms with Crippen molar-refractivity contribution in [3.8, 4) is 29.1 Å². The van der Waals surface area contributed by atoms with Crippen molar-refractivity contribution >= 4 is 11.9 Å². The van der Waals surface area contributed by atoms with Crippen LogP contribution in [0.5, 0.6) is 23.0 Å². The molecule has 2 N–H and O–H groups in total. The summed E-state index contributed by atoms with van der Waals surface area (Å²) >= 11 is 0. The molecule has 4 aliphatic rings. The van der Waals surface area contributed by atoms with Crippen LogP contribution in [0.1, 0.15) is 103 Å². The van der Waals surface area contributed by atoms with Gasteiger partial charge in [-0.05, 0) is 70.2 Å². The van der Waals surface area contributed by atoms with Crippen molar-refractivity contribution < 1.29 is 73.0 Å². The Labute approximate surface area is 313 Å². The molecular formula is C36H46AcN4O6. The van der Waals surface area contributed by atoms with E-state index in [2.05, 4.69) is 41.2 Å². The van der Waals surface area contributed by atoms with E-state index in [9.17, 15) is 20.0 Å². The quantitative estimate of drug-likeness (QED) is 0.199. The number of amides is 1. The van der Waals surface area contributed by atoms with E-state index in [1.807, 2.05) is 27.7 Å². The number of nitrogens with zero attached hydrogens (tertiary/aromatic N) is 3. The van der Waals surface area contributed by atoms with Gasteiger partial charge in [0.2, 0.25) is 12.7 Å². The molecule has 6 rings (SSSR count). The van der Waals surface area contributed by atoms with Gasteiger partial charge in [-0.25, -0.2) is 0 Å². The average Bonchev–Trinajstić information content (AvgIpc) is 3.52. The zero-order valence-electron chi connectivity index (χ0n) is 28.4. The number of phenols is 1. The van der Waals surface area contributed by atoms with Crippen molar-refractivity contribution in [1.82, 2.24) is 15.1 Å². The minimum Gasteiger partial charge on any atom is -0.507 e. The molecule has 2 aromatic carbocycles. The largest absolute Gasteiger partial charge is 0.507 e. The zero-order chi connectivity index (χ0) is 32.9. The molecule has 47 heavy (non-hydrogen) atoms. The number of nitriles is 1. The minimum atomic E-state index is -0.510. The van der Waals surface area contributed by atoms with Crippen LogP contribution in [0, 0.1) is 76.2 Å². The summed E-state index contributed by atoms with van der Waals surface area (Å²) in [4.78, 5) is 30.5. The first-order valence-corrected chi connectivity index (χ1v) is 16.8. The fourth-order valence-electron chi connectivity index (χ4n) is 8.23. The maximum atomic E-state index is 13.2. The van der Waals surface area contributed by atoms with Crippen molar-refractivity contribution in [2.24, 2.45) is 0 Å². The molecule has 0 aromatic heterocycles. The van der Waals surface area contributed by atoms with Gasteiger partial charge in [0.15, 0.2) is 11.5 Å². The number of aryl methyl sites for hydroxylation is 1. The van der Waals surface area contributed by atoms with Gasteiger partial charge in [-0.1, -0.05) is 32.8 Å². The molecule has 0 spiro atoms. The van der Waals surface area contributed by atoms with E-state index < -0.39 is 12.1 Å². The summed E-state index contributed by atoms with van der Waals surface area (Å²) in [5.41, 5.74) is 6.19. The van der Waals surface area contributed by atoms with Gasteiger partial charge in [0, 0.05) is 97.8 Å². The summed E-state index contributed by atoms with van der Waals surface area (Å²) in [6.07, 6.45) is 5.30. The van der Waals surface area contributed by atoms with Crippen LogP contribution in [0.25, 0.3) is 0 Å². The topological polar surface area (TPSA) is 124 Å². The first kappa shape index (κ1) is 35.9. The molecule has 2 aromatic rings. The summed E-state index contributed by atoms with van der Waals surface area (Å²) in [7, 11) is 2.06. The number of hydrogen-bond donors (Lipinski definition) is 2. The zero-order valence-corrected chi connectivity index (χ0v) is 33.2. The second-order valence-electron chi connectivity index (χ2n) is 13.3. The van der Waals surface area contributed by atoms with E-state index in [1.54, 1.807) is 0 Å². The Kier molecular flexibility index (Phi) is 11.2. The smallest absolute Gasteiger partial charge is 0.311 e. The van der Waals surface area contributed by atoms with Crippen LogP contribution in [0.2, 0.25) is 0 Å². The van der Waals surface area contributed by atoms with Crippen LogP contribution in [0.3, 0.4) is 0 Å². The molecule has 1 radical (unpaired) electrons. The van der Waals surface area contributed by atoms with E-state index in [0.29, 0.717) is 48.5 Å². The predicted octanol–water partition coefficient (Wildman–Crippen LogP) is 5.22. The number of rotatable bonds is 9. The number of fused-ring (bicyclic) bond motifs is 9. The molecule has 5 atom stereocenters. The molecule has 1 fully saturated rings. The third kappa shape index (κ3) is 6.18. The number of esters is 1. The van der Waals surface area contributed by atoms with Gasteiger partial charge in [-0.3, -0.25) is 19.4 Å². The molecule has 11 heteroatoms. The SMILES string of the molecule is CCCCCC(=O)Oc1c(C)c(C)cc2c1[C@@H]1C3Cc4c(O)c(C)c5c(c4[C@H](CNC(=O)CCC)N3[C@@H](C#N)[C@H](C2)N1C)OCO5.[Ac]. The van der Waals surface area contributed by atoms with E-state index in [1.165, 1.54) is 0 Å². The molecule has 249 valence electrons. The van der Waals surface area contributed by atoms with E-state index in [0.717, 1.165) is 59.1 Å². The molecule has 4 aliphatic heterocycles. The fourth-order valence-corrected chi connectivity index (χ4v) is 8.23. The third-order valence-electron chi connectivity index (χ3n) is 10.6. The average molecular weight is 858 g/mol. The molecule has 0 aliphatic carbocycles. The first-order chi connectivity index (χ1) is 22.1. The second kappa shape index (κ2) is 14.6. The number of carbonyl (C=O) groups excluding carboxylic acids is 2. The molecular weight excluding hydrogens is 811 g/mol. The van der Waals surface area contributed by atoms with Gasteiger partial charge in [0.1, 0.15) is 17.5 Å². The van der Waals surface area contributed by atoms with Crippen molar-refractivity contribution in [2.75, 3.05) is 20.4 Å². The van der Waals surface area contributed by atoms with Gasteiger partial charge in [-0.15, -0.1) is 0 Å². The summed E-state index contributed by atoms with van der Waals surface area (Å²) in [5.74, 6) is 1.56. The number of aromatic hydroxyl groups is 1. The summed E-state index contributed by atoms with van der Waals surface area (Å²) in [5, 5.41) is 25.6. The monoisotopic (exact) mass is 857 g/mol. The molecule has 2 bridgehead atoms. The molecule has 0 saturated carbocycles. The molecule has 1 saturated heterocycles. The van der Waals surface area contributed by atoms with Crippen LogP contribution in [-0.4, -0.2) is 65.3 Å². The molecule has 4 heterocycles. The summed E-state index contributed by atoms with van der Waals surface area (Å²) < 4.78 is 18.1. The van der Waals surface area contributed by atoms with Gasteiger partial charge >= 0.3 is 5.97 Å². The minimum absolute atomic E-state index is 0. The van der Waals surface area contributed by atoms with Crippen LogP contribution in [0.15, 0.2) is 6.07 Å². The number of piperazine rings is 1. The van der Waals surface area contributed by atoms with Crippen molar-refractivity contribution in [1.29, 1.82) is 5.26 Å². The van der Waals surface area contributed by atoms with Crippen LogP contribution < -0.4 is 19.5 Å². The normalized spacial score (nSPS) is 23.9. The Hall–Kier alpha value is -2.37. The van der Waals surface area contributed by atoms with Crippen molar-refractivity contribution in [2.45, 2.75) is 116 Å². The van der Waals surface area contributed by atoms with Gasteiger partial charge in [0.25, 0.3) is 0 Å². The van der Waals surface area contributed by atoms with Gasteiger partial charge in [0.05, 0.1) is 18.2 Å². The van der Waals surface area contributed by atoms with E-state index >= 15 is 0 Å².